The molecule has 5 rings (SSSR count). The maximum Gasteiger partial charge on any atom is 0.163 e. The lowest BCUT2D eigenvalue weighted by Gasteiger charge is -2.28. The lowest BCUT2D eigenvalue weighted by molar-refractivity contribution is 0.0696. The summed E-state index contributed by atoms with van der Waals surface area (Å²) in [6.07, 6.45) is 3.76. The molecule has 2 aliphatic heterocycles. The number of nitrogens with one attached hydrogen (secondary N) is 1. The molecular formula is C28H36BrN5O5S. The first-order valence-corrected chi connectivity index (χ1v) is 16.3. The van der Waals surface area contributed by atoms with E-state index in [9.17, 15) is 13.5 Å². The van der Waals surface area contributed by atoms with Crippen LogP contribution in [-0.2, 0) is 16.4 Å². The number of hydrogen-bond acceptors (Lipinski definition) is 10. The molecule has 3 aromatic rings. The zero-order valence-electron chi connectivity index (χ0n) is 22.7. The average Bonchev–Trinajstić information content (AvgIpc) is 2.92. The lowest BCUT2D eigenvalue weighted by atomic mass is 10.1. The van der Waals surface area contributed by atoms with E-state index in [1.54, 1.807) is 0 Å². The smallest absolute Gasteiger partial charge is 0.163 e. The minimum atomic E-state index is -2.97. The van der Waals surface area contributed by atoms with Crippen molar-refractivity contribution in [1.29, 1.82) is 0 Å². The van der Waals surface area contributed by atoms with E-state index in [4.69, 9.17) is 9.47 Å². The number of rotatable bonds is 5. The first kappa shape index (κ1) is 29.0. The van der Waals surface area contributed by atoms with Gasteiger partial charge in [0.1, 0.15) is 24.9 Å². The summed E-state index contributed by atoms with van der Waals surface area (Å²) in [4.78, 5) is 13.3. The summed E-state index contributed by atoms with van der Waals surface area (Å²) >= 11 is 3.60. The standard InChI is InChI=1S/C28H36BrN5O5S/c1-33-7-3-2-4-10-38-26-14-23-25(30-19-31-28(23)32-24-13-21(29)6-5-20(24)16-33)15-27(26)39-18-22(35)17-34-8-11-40(36,37)12-9-34/h5-6,13-15,19,22,35H,2-4,7-12,16-18H2,1H3,(H,30,31,32)/t22-/m1/s1. The topological polar surface area (TPSA) is 117 Å². The fourth-order valence-corrected chi connectivity index (χ4v) is 6.64. The number of hydrogen-bond donors (Lipinski definition) is 2. The Hall–Kier alpha value is -2.51. The maximum absolute atomic E-state index is 11.7. The van der Waals surface area contributed by atoms with Crippen LogP contribution in [0.1, 0.15) is 24.8 Å². The summed E-state index contributed by atoms with van der Waals surface area (Å²) in [5.41, 5.74) is 2.82. The molecule has 0 radical (unpaired) electrons. The van der Waals surface area contributed by atoms with Crippen LogP contribution in [0, 0.1) is 0 Å². The molecule has 0 amide bonds. The van der Waals surface area contributed by atoms with Gasteiger partial charge >= 0.3 is 0 Å². The number of ether oxygens (including phenoxy) is 2. The fourth-order valence-electron chi connectivity index (χ4n) is 5.00. The Bertz CT molecular complexity index is 1430. The first-order valence-electron chi connectivity index (χ1n) is 13.6. The lowest BCUT2D eigenvalue weighted by Crippen LogP contribution is -2.44. The molecule has 0 spiro atoms. The van der Waals surface area contributed by atoms with Crippen LogP contribution in [0.3, 0.4) is 0 Å². The minimum Gasteiger partial charge on any atom is -0.490 e. The second-order valence-electron chi connectivity index (χ2n) is 10.5. The van der Waals surface area contributed by atoms with Gasteiger partial charge in [0.2, 0.25) is 0 Å². The van der Waals surface area contributed by atoms with Crippen LogP contribution in [0.5, 0.6) is 11.5 Å². The second-order valence-corrected chi connectivity index (χ2v) is 13.7. The van der Waals surface area contributed by atoms with Crippen LogP contribution in [0.25, 0.3) is 10.9 Å². The summed E-state index contributed by atoms with van der Waals surface area (Å²) < 4.78 is 36.7. The van der Waals surface area contributed by atoms with Gasteiger partial charge in [0.25, 0.3) is 0 Å². The molecule has 40 heavy (non-hydrogen) atoms. The fraction of sp³-hybridized carbons (Fsp3) is 0.500. The molecule has 0 aliphatic carbocycles. The molecule has 3 heterocycles. The number of benzene rings is 2. The Kier molecular flexibility index (Phi) is 9.41. The number of nitrogens with zero attached hydrogens (tertiary/aromatic N) is 4. The van der Waals surface area contributed by atoms with Gasteiger partial charge in [-0.05, 0) is 56.6 Å². The van der Waals surface area contributed by atoms with Gasteiger partial charge in [-0.3, -0.25) is 4.90 Å². The average molecular weight is 635 g/mol. The highest BCUT2D eigenvalue weighted by Gasteiger charge is 2.24. The van der Waals surface area contributed by atoms with Gasteiger partial charge in [-0.25, -0.2) is 18.4 Å². The van der Waals surface area contributed by atoms with Crippen molar-refractivity contribution in [1.82, 2.24) is 19.8 Å². The predicted octanol–water partition coefficient (Wildman–Crippen LogP) is 3.60. The highest BCUT2D eigenvalue weighted by Crippen LogP contribution is 2.36. The summed E-state index contributed by atoms with van der Waals surface area (Å²) in [6, 6.07) is 9.96. The number of aromatic nitrogens is 2. The van der Waals surface area contributed by atoms with Crippen molar-refractivity contribution in [3.8, 4) is 11.5 Å². The summed E-state index contributed by atoms with van der Waals surface area (Å²) in [5, 5.41) is 15.0. The van der Waals surface area contributed by atoms with Crippen molar-refractivity contribution in [3.63, 3.8) is 0 Å². The van der Waals surface area contributed by atoms with E-state index >= 15 is 0 Å². The Morgan fingerprint density at radius 2 is 1.95 bits per heavy atom. The molecule has 216 valence electrons. The Morgan fingerprint density at radius 3 is 2.77 bits per heavy atom. The van der Waals surface area contributed by atoms with E-state index in [0.717, 1.165) is 47.9 Å². The van der Waals surface area contributed by atoms with Crippen LogP contribution < -0.4 is 14.8 Å². The molecule has 12 heteroatoms. The van der Waals surface area contributed by atoms with Crippen LogP contribution in [0.4, 0.5) is 11.5 Å². The molecule has 0 unspecified atom stereocenters. The number of fused-ring (bicyclic) bond motifs is 2. The summed E-state index contributed by atoms with van der Waals surface area (Å²) in [5.74, 6) is 1.99. The van der Waals surface area contributed by atoms with E-state index in [1.165, 1.54) is 11.9 Å². The highest BCUT2D eigenvalue weighted by molar-refractivity contribution is 9.10. The molecule has 10 nitrogen and oxygen atoms in total. The highest BCUT2D eigenvalue weighted by atomic mass is 79.9. The third-order valence-corrected chi connectivity index (χ3v) is 9.35. The van der Waals surface area contributed by atoms with Crippen LogP contribution in [0.2, 0.25) is 0 Å². The Morgan fingerprint density at radius 1 is 1.12 bits per heavy atom. The quantitative estimate of drug-likeness (QED) is 0.431. The van der Waals surface area contributed by atoms with Gasteiger partial charge in [0.15, 0.2) is 21.3 Å². The summed E-state index contributed by atoms with van der Waals surface area (Å²) in [6.45, 7) is 3.58. The number of β-amino-alcohol motifs (C(OH)–C–C–N with tert-alkyl or cyclic N) is 1. The molecule has 1 saturated heterocycles. The molecule has 2 aliphatic rings. The second kappa shape index (κ2) is 13.0. The number of anilines is 2. The molecular weight excluding hydrogens is 598 g/mol. The van der Waals surface area contributed by atoms with Crippen LogP contribution in [-0.4, -0.2) is 97.3 Å². The van der Waals surface area contributed by atoms with Crippen molar-refractivity contribution in [2.24, 2.45) is 0 Å². The van der Waals surface area contributed by atoms with E-state index < -0.39 is 15.9 Å². The molecule has 2 N–H and O–H groups in total. The van der Waals surface area contributed by atoms with Crippen molar-refractivity contribution in [3.05, 3.63) is 46.7 Å². The van der Waals surface area contributed by atoms with Gasteiger partial charge in [0.05, 0.1) is 23.6 Å². The Balaban J connectivity index is 1.39. The molecule has 2 bridgehead atoms. The van der Waals surface area contributed by atoms with Crippen LogP contribution >= 0.6 is 15.9 Å². The van der Waals surface area contributed by atoms with Crippen molar-refractivity contribution >= 4 is 48.2 Å². The molecule has 1 atom stereocenters. The van der Waals surface area contributed by atoms with Crippen LogP contribution in [0.15, 0.2) is 41.1 Å². The van der Waals surface area contributed by atoms with E-state index in [0.29, 0.717) is 49.1 Å². The third-order valence-electron chi connectivity index (χ3n) is 7.25. The molecule has 1 fully saturated rings. The zero-order valence-corrected chi connectivity index (χ0v) is 25.1. The SMILES string of the molecule is CN1CCCCCOc2cc3c(ncnc3cc2OC[C@H](O)CN2CCS(=O)(=O)CC2)Nc2cc(Br)ccc2C1. The minimum absolute atomic E-state index is 0.0506. The van der Waals surface area contributed by atoms with Crippen molar-refractivity contribution in [2.45, 2.75) is 31.9 Å². The maximum atomic E-state index is 11.7. The van der Waals surface area contributed by atoms with Crippen molar-refractivity contribution < 1.29 is 23.0 Å². The number of halogens is 1. The first-order chi connectivity index (χ1) is 19.3. The number of aliphatic hydroxyl groups excluding tert-OH is 1. The molecule has 2 aromatic carbocycles. The van der Waals surface area contributed by atoms with Gasteiger partial charge < -0.3 is 24.8 Å². The zero-order chi connectivity index (χ0) is 28.1. The predicted molar refractivity (Wildman–Crippen MR) is 159 cm³/mol. The van der Waals surface area contributed by atoms with Gasteiger partial charge in [0, 0.05) is 47.8 Å². The van der Waals surface area contributed by atoms with Gasteiger partial charge in [-0.2, -0.15) is 0 Å². The normalized spacial score (nSPS) is 19.6. The third kappa shape index (κ3) is 7.61. The van der Waals surface area contributed by atoms with E-state index in [-0.39, 0.29) is 18.1 Å². The number of aliphatic hydroxyl groups is 1. The van der Waals surface area contributed by atoms with E-state index in [1.807, 2.05) is 17.0 Å². The monoisotopic (exact) mass is 633 g/mol. The van der Waals surface area contributed by atoms with Gasteiger partial charge in [-0.1, -0.05) is 22.0 Å². The molecule has 0 saturated carbocycles. The number of sulfone groups is 1. The largest absolute Gasteiger partial charge is 0.490 e. The summed E-state index contributed by atoms with van der Waals surface area (Å²) in [7, 11) is -0.832. The van der Waals surface area contributed by atoms with Crippen molar-refractivity contribution in [2.75, 3.05) is 63.3 Å². The van der Waals surface area contributed by atoms with E-state index in [2.05, 4.69) is 61.4 Å². The molecule has 1 aromatic heterocycles. The Labute approximate surface area is 243 Å². The van der Waals surface area contributed by atoms with Gasteiger partial charge in [-0.15, -0.1) is 0 Å².